The van der Waals surface area contributed by atoms with Crippen LogP contribution in [-0.2, 0) is 6.42 Å². The summed E-state index contributed by atoms with van der Waals surface area (Å²) in [4.78, 5) is 3.17. The summed E-state index contributed by atoms with van der Waals surface area (Å²) in [5, 5.41) is 0.972. The molecule has 3 N–H and O–H groups in total. The quantitative estimate of drug-likeness (QED) is 0.820. The van der Waals surface area contributed by atoms with Gasteiger partial charge in [0.25, 0.3) is 0 Å². The van der Waals surface area contributed by atoms with Gasteiger partial charge in [0.2, 0.25) is 0 Å². The Morgan fingerprint density at radius 1 is 1.44 bits per heavy atom. The highest BCUT2D eigenvalue weighted by Crippen LogP contribution is 2.25. The molecule has 2 aromatic rings. The lowest BCUT2D eigenvalue weighted by Gasteiger charge is -2.07. The first-order chi connectivity index (χ1) is 7.63. The molecule has 0 bridgehead atoms. The van der Waals surface area contributed by atoms with Gasteiger partial charge in [-0.2, -0.15) is 0 Å². The van der Waals surface area contributed by atoms with Gasteiger partial charge in [-0.3, -0.25) is 0 Å². The number of aryl methyl sites for hydroxylation is 1. The SMILES string of the molecule is Cc1c(CC(C)CN)[nH]c2c(F)cccc12. The third-order valence-corrected chi connectivity index (χ3v) is 3.10. The standard InChI is InChI=1S/C13H17FN2/c1-8(7-15)6-12-9(2)10-4-3-5-11(14)13(10)16-12/h3-5,8,16H,6-7,15H2,1-2H3. The number of para-hydroxylation sites is 1. The highest BCUT2D eigenvalue weighted by atomic mass is 19.1. The molecule has 3 heteroatoms. The number of rotatable bonds is 3. The van der Waals surface area contributed by atoms with E-state index >= 15 is 0 Å². The Hall–Kier alpha value is -1.35. The van der Waals surface area contributed by atoms with Crippen LogP contribution in [0.3, 0.4) is 0 Å². The minimum Gasteiger partial charge on any atom is -0.356 e. The van der Waals surface area contributed by atoms with E-state index in [2.05, 4.69) is 11.9 Å². The van der Waals surface area contributed by atoms with Gasteiger partial charge >= 0.3 is 0 Å². The largest absolute Gasteiger partial charge is 0.356 e. The third kappa shape index (κ3) is 1.83. The number of nitrogens with two attached hydrogens (primary N) is 1. The second-order valence-electron chi connectivity index (χ2n) is 4.44. The predicted molar refractivity (Wildman–Crippen MR) is 64.9 cm³/mol. The second kappa shape index (κ2) is 4.26. The Bertz CT molecular complexity index is 502. The maximum absolute atomic E-state index is 13.5. The van der Waals surface area contributed by atoms with E-state index in [0.717, 1.165) is 23.1 Å². The van der Waals surface area contributed by atoms with Crippen LogP contribution >= 0.6 is 0 Å². The molecule has 1 aromatic carbocycles. The van der Waals surface area contributed by atoms with Gasteiger partial charge in [0.1, 0.15) is 5.82 Å². The van der Waals surface area contributed by atoms with Crippen LogP contribution < -0.4 is 5.73 Å². The van der Waals surface area contributed by atoms with Crippen LogP contribution in [-0.4, -0.2) is 11.5 Å². The average Bonchev–Trinajstić information content (AvgIpc) is 2.58. The molecule has 86 valence electrons. The minimum atomic E-state index is -0.188. The first-order valence-electron chi connectivity index (χ1n) is 5.59. The number of aromatic amines is 1. The summed E-state index contributed by atoms with van der Waals surface area (Å²) in [6.45, 7) is 4.77. The first kappa shape index (κ1) is 11.1. The molecule has 0 aliphatic rings. The fraction of sp³-hybridized carbons (Fsp3) is 0.385. The summed E-state index contributed by atoms with van der Waals surface area (Å²) in [5.74, 6) is 0.224. The molecule has 0 saturated carbocycles. The van der Waals surface area contributed by atoms with Crippen molar-refractivity contribution in [2.75, 3.05) is 6.54 Å². The number of hydrogen-bond donors (Lipinski definition) is 2. The second-order valence-corrected chi connectivity index (χ2v) is 4.44. The summed E-state index contributed by atoms with van der Waals surface area (Å²) >= 11 is 0. The fourth-order valence-electron chi connectivity index (χ4n) is 2.01. The minimum absolute atomic E-state index is 0.188. The Kier molecular flexibility index (Phi) is 2.97. The molecule has 1 aromatic heterocycles. The van der Waals surface area contributed by atoms with Crippen LogP contribution in [0.1, 0.15) is 18.2 Å². The number of nitrogens with one attached hydrogen (secondary N) is 1. The third-order valence-electron chi connectivity index (χ3n) is 3.10. The maximum Gasteiger partial charge on any atom is 0.147 e. The van der Waals surface area contributed by atoms with Crippen LogP contribution in [0.5, 0.6) is 0 Å². The molecule has 1 heterocycles. The van der Waals surface area contributed by atoms with Crippen molar-refractivity contribution in [3.8, 4) is 0 Å². The summed E-state index contributed by atoms with van der Waals surface area (Å²) < 4.78 is 13.5. The molecule has 0 aliphatic heterocycles. The van der Waals surface area contributed by atoms with E-state index in [-0.39, 0.29) is 5.82 Å². The molecule has 0 saturated heterocycles. The van der Waals surface area contributed by atoms with Gasteiger partial charge in [0, 0.05) is 11.1 Å². The number of halogens is 1. The van der Waals surface area contributed by atoms with Crippen molar-refractivity contribution in [3.63, 3.8) is 0 Å². The number of benzene rings is 1. The summed E-state index contributed by atoms with van der Waals surface area (Å²) in [5.41, 5.74) is 8.45. The van der Waals surface area contributed by atoms with Crippen molar-refractivity contribution in [3.05, 3.63) is 35.3 Å². The molecule has 0 amide bonds. The molecule has 2 nitrogen and oxygen atoms in total. The van der Waals surface area contributed by atoms with Crippen molar-refractivity contribution in [1.82, 2.24) is 4.98 Å². The zero-order valence-corrected chi connectivity index (χ0v) is 9.68. The van der Waals surface area contributed by atoms with E-state index in [0.29, 0.717) is 18.0 Å². The summed E-state index contributed by atoms with van der Waals surface area (Å²) in [6.07, 6.45) is 0.871. The number of hydrogen-bond acceptors (Lipinski definition) is 1. The molecule has 1 atom stereocenters. The van der Waals surface area contributed by atoms with E-state index in [4.69, 9.17) is 5.73 Å². The van der Waals surface area contributed by atoms with Crippen molar-refractivity contribution in [2.24, 2.45) is 11.7 Å². The Morgan fingerprint density at radius 2 is 2.19 bits per heavy atom. The van der Waals surface area contributed by atoms with E-state index in [1.165, 1.54) is 6.07 Å². The van der Waals surface area contributed by atoms with E-state index < -0.39 is 0 Å². The van der Waals surface area contributed by atoms with Gasteiger partial charge in [-0.25, -0.2) is 4.39 Å². The van der Waals surface area contributed by atoms with Crippen LogP contribution in [0.15, 0.2) is 18.2 Å². The Balaban J connectivity index is 2.48. The molecule has 16 heavy (non-hydrogen) atoms. The average molecular weight is 220 g/mol. The van der Waals surface area contributed by atoms with Crippen LogP contribution in [0.25, 0.3) is 10.9 Å². The van der Waals surface area contributed by atoms with E-state index in [1.807, 2.05) is 13.0 Å². The van der Waals surface area contributed by atoms with Gasteiger partial charge < -0.3 is 10.7 Å². The van der Waals surface area contributed by atoms with E-state index in [1.54, 1.807) is 6.07 Å². The predicted octanol–water partition coefficient (Wildman–Crippen LogP) is 2.75. The molecular weight excluding hydrogens is 203 g/mol. The number of fused-ring (bicyclic) bond motifs is 1. The van der Waals surface area contributed by atoms with Crippen LogP contribution in [0.4, 0.5) is 4.39 Å². The molecular formula is C13H17FN2. The molecule has 0 radical (unpaired) electrons. The lowest BCUT2D eigenvalue weighted by molar-refractivity contribution is 0.584. The van der Waals surface area contributed by atoms with Crippen molar-refractivity contribution < 1.29 is 4.39 Å². The summed E-state index contributed by atoms with van der Waals surface area (Å²) in [6, 6.07) is 5.17. The topological polar surface area (TPSA) is 41.8 Å². The first-order valence-corrected chi connectivity index (χ1v) is 5.59. The highest BCUT2D eigenvalue weighted by Gasteiger charge is 2.12. The fourth-order valence-corrected chi connectivity index (χ4v) is 2.01. The lowest BCUT2D eigenvalue weighted by atomic mass is 10.0. The van der Waals surface area contributed by atoms with E-state index in [9.17, 15) is 4.39 Å². The molecule has 0 spiro atoms. The zero-order valence-electron chi connectivity index (χ0n) is 9.68. The van der Waals surface area contributed by atoms with Crippen LogP contribution in [0, 0.1) is 18.7 Å². The molecule has 0 fully saturated rings. The van der Waals surface area contributed by atoms with Gasteiger partial charge in [-0.15, -0.1) is 0 Å². The molecule has 1 unspecified atom stereocenters. The number of aromatic nitrogens is 1. The van der Waals surface area contributed by atoms with Gasteiger partial charge in [-0.1, -0.05) is 19.1 Å². The zero-order chi connectivity index (χ0) is 11.7. The van der Waals surface area contributed by atoms with Crippen molar-refractivity contribution >= 4 is 10.9 Å². The highest BCUT2D eigenvalue weighted by molar-refractivity contribution is 5.84. The Labute approximate surface area is 94.7 Å². The van der Waals surface area contributed by atoms with Crippen molar-refractivity contribution in [1.29, 1.82) is 0 Å². The number of H-pyrrole nitrogens is 1. The van der Waals surface area contributed by atoms with Crippen molar-refractivity contribution in [2.45, 2.75) is 20.3 Å². The van der Waals surface area contributed by atoms with Gasteiger partial charge in [0.15, 0.2) is 0 Å². The van der Waals surface area contributed by atoms with Gasteiger partial charge in [-0.05, 0) is 37.4 Å². The van der Waals surface area contributed by atoms with Crippen LogP contribution in [0.2, 0.25) is 0 Å². The summed E-state index contributed by atoms with van der Waals surface area (Å²) in [7, 11) is 0. The normalized spacial score (nSPS) is 13.2. The monoisotopic (exact) mass is 220 g/mol. The molecule has 0 aliphatic carbocycles. The maximum atomic E-state index is 13.5. The molecule has 2 rings (SSSR count). The Morgan fingerprint density at radius 3 is 2.81 bits per heavy atom. The van der Waals surface area contributed by atoms with Gasteiger partial charge in [0.05, 0.1) is 5.52 Å². The smallest absolute Gasteiger partial charge is 0.147 e. The lowest BCUT2D eigenvalue weighted by Crippen LogP contribution is -2.13.